The lowest BCUT2D eigenvalue weighted by molar-refractivity contribution is 0.286. The number of rotatable bonds is 5. The molecule has 2 rings (SSSR count). The minimum absolute atomic E-state index is 0.294. The van der Waals surface area contributed by atoms with E-state index in [1.54, 1.807) is 0 Å². The molecule has 1 aromatic rings. The quantitative estimate of drug-likeness (QED) is 0.876. The Morgan fingerprint density at radius 1 is 1.16 bits per heavy atom. The van der Waals surface area contributed by atoms with Crippen molar-refractivity contribution in [2.45, 2.75) is 20.0 Å². The van der Waals surface area contributed by atoms with Gasteiger partial charge in [0.15, 0.2) is 9.84 Å². The Morgan fingerprint density at radius 3 is 2.42 bits per heavy atom. The number of nitrogens with zero attached hydrogens (tertiary/aromatic N) is 1. The molecule has 5 heteroatoms. The highest BCUT2D eigenvalue weighted by Crippen LogP contribution is 2.14. The molecule has 0 bridgehead atoms. The third-order valence-electron chi connectivity index (χ3n) is 3.51. The third-order valence-corrected chi connectivity index (χ3v) is 5.12. The van der Waals surface area contributed by atoms with Crippen LogP contribution in [-0.4, -0.2) is 44.5 Å². The van der Waals surface area contributed by atoms with Crippen molar-refractivity contribution >= 4 is 9.84 Å². The van der Waals surface area contributed by atoms with Gasteiger partial charge in [-0.1, -0.05) is 31.2 Å². The molecule has 1 N–H and O–H groups in total. The van der Waals surface area contributed by atoms with E-state index in [9.17, 15) is 8.42 Å². The summed E-state index contributed by atoms with van der Waals surface area (Å²) >= 11 is 0. The fourth-order valence-electron chi connectivity index (χ4n) is 2.29. The highest BCUT2D eigenvalue weighted by atomic mass is 32.2. The minimum Gasteiger partial charge on any atom is -0.313 e. The van der Waals surface area contributed by atoms with Crippen LogP contribution in [0.2, 0.25) is 0 Å². The Balaban J connectivity index is 1.99. The van der Waals surface area contributed by atoms with Crippen molar-refractivity contribution in [1.29, 1.82) is 0 Å². The molecule has 0 saturated carbocycles. The number of hydrogen-bond donors (Lipinski definition) is 1. The molecule has 1 heterocycles. The molecule has 0 aliphatic carbocycles. The zero-order valence-electron chi connectivity index (χ0n) is 11.4. The monoisotopic (exact) mass is 282 g/mol. The van der Waals surface area contributed by atoms with E-state index >= 15 is 0 Å². The fourth-order valence-corrected chi connectivity index (χ4v) is 3.57. The highest BCUT2D eigenvalue weighted by Gasteiger charge is 2.21. The first-order valence-corrected chi connectivity index (χ1v) is 8.63. The molecule has 1 saturated heterocycles. The van der Waals surface area contributed by atoms with Crippen LogP contribution in [0, 0.1) is 0 Å². The fraction of sp³-hybridized carbons (Fsp3) is 0.571. The van der Waals surface area contributed by atoms with E-state index in [2.05, 4.69) is 35.3 Å². The SMILES string of the molecule is CCNCc1ccccc1CN1CCS(=O)(=O)CC1. The lowest BCUT2D eigenvalue weighted by Crippen LogP contribution is -2.39. The van der Waals surface area contributed by atoms with Crippen LogP contribution in [0.25, 0.3) is 0 Å². The second kappa shape index (κ2) is 6.50. The molecule has 0 aromatic heterocycles. The highest BCUT2D eigenvalue weighted by molar-refractivity contribution is 7.91. The molecule has 0 spiro atoms. The second-order valence-electron chi connectivity index (χ2n) is 4.98. The number of benzene rings is 1. The van der Waals surface area contributed by atoms with Gasteiger partial charge in [0.05, 0.1) is 11.5 Å². The van der Waals surface area contributed by atoms with Crippen molar-refractivity contribution in [3.05, 3.63) is 35.4 Å². The van der Waals surface area contributed by atoms with Crippen LogP contribution < -0.4 is 5.32 Å². The van der Waals surface area contributed by atoms with Gasteiger partial charge in [0.25, 0.3) is 0 Å². The largest absolute Gasteiger partial charge is 0.313 e. The molecule has 19 heavy (non-hydrogen) atoms. The smallest absolute Gasteiger partial charge is 0.152 e. The zero-order valence-corrected chi connectivity index (χ0v) is 12.2. The van der Waals surface area contributed by atoms with Crippen LogP contribution in [0.1, 0.15) is 18.1 Å². The maximum Gasteiger partial charge on any atom is 0.152 e. The Morgan fingerprint density at radius 2 is 1.79 bits per heavy atom. The summed E-state index contributed by atoms with van der Waals surface area (Å²) in [5.74, 6) is 0.588. The molecular formula is C14H22N2O2S. The van der Waals surface area contributed by atoms with Gasteiger partial charge in [0, 0.05) is 26.2 Å². The molecule has 1 aliphatic heterocycles. The molecular weight excluding hydrogens is 260 g/mol. The van der Waals surface area contributed by atoms with Crippen molar-refractivity contribution in [2.24, 2.45) is 0 Å². The van der Waals surface area contributed by atoms with Gasteiger partial charge < -0.3 is 5.32 Å². The third kappa shape index (κ3) is 4.30. The average Bonchev–Trinajstić information content (AvgIpc) is 2.40. The van der Waals surface area contributed by atoms with Gasteiger partial charge in [0.1, 0.15) is 0 Å². The van der Waals surface area contributed by atoms with E-state index < -0.39 is 9.84 Å². The Kier molecular flexibility index (Phi) is 4.96. The summed E-state index contributed by atoms with van der Waals surface area (Å²) in [5, 5.41) is 3.34. The van der Waals surface area contributed by atoms with E-state index in [0.717, 1.165) is 19.6 Å². The molecule has 1 fully saturated rings. The zero-order chi connectivity index (χ0) is 13.7. The number of nitrogens with one attached hydrogen (secondary N) is 1. The van der Waals surface area contributed by atoms with Gasteiger partial charge >= 0.3 is 0 Å². The first-order chi connectivity index (χ1) is 9.11. The average molecular weight is 282 g/mol. The van der Waals surface area contributed by atoms with Crippen LogP contribution in [0.3, 0.4) is 0 Å². The van der Waals surface area contributed by atoms with E-state index in [0.29, 0.717) is 24.6 Å². The van der Waals surface area contributed by atoms with Crippen molar-refractivity contribution in [3.63, 3.8) is 0 Å². The van der Waals surface area contributed by atoms with Crippen LogP contribution in [-0.2, 0) is 22.9 Å². The molecule has 0 amide bonds. The first-order valence-electron chi connectivity index (χ1n) is 6.81. The van der Waals surface area contributed by atoms with Gasteiger partial charge in [-0.25, -0.2) is 8.42 Å². The van der Waals surface area contributed by atoms with Crippen molar-refractivity contribution in [1.82, 2.24) is 10.2 Å². The maximum absolute atomic E-state index is 11.4. The van der Waals surface area contributed by atoms with Crippen LogP contribution in [0.4, 0.5) is 0 Å². The van der Waals surface area contributed by atoms with Gasteiger partial charge in [0.2, 0.25) is 0 Å². The molecule has 1 aromatic carbocycles. The molecule has 106 valence electrons. The molecule has 0 radical (unpaired) electrons. The molecule has 4 nitrogen and oxygen atoms in total. The van der Waals surface area contributed by atoms with E-state index in [1.165, 1.54) is 11.1 Å². The molecule has 0 atom stereocenters. The van der Waals surface area contributed by atoms with Crippen LogP contribution in [0.15, 0.2) is 24.3 Å². The second-order valence-corrected chi connectivity index (χ2v) is 7.28. The summed E-state index contributed by atoms with van der Waals surface area (Å²) in [5.41, 5.74) is 2.60. The summed E-state index contributed by atoms with van der Waals surface area (Å²) in [7, 11) is -2.79. The van der Waals surface area contributed by atoms with Crippen LogP contribution >= 0.6 is 0 Å². The summed E-state index contributed by atoms with van der Waals surface area (Å²) in [6.07, 6.45) is 0. The van der Waals surface area contributed by atoms with E-state index in [4.69, 9.17) is 0 Å². The Bertz CT molecular complexity index is 500. The van der Waals surface area contributed by atoms with Crippen molar-refractivity contribution < 1.29 is 8.42 Å². The predicted molar refractivity (Wildman–Crippen MR) is 77.8 cm³/mol. The topological polar surface area (TPSA) is 49.4 Å². The lowest BCUT2D eigenvalue weighted by atomic mass is 10.1. The van der Waals surface area contributed by atoms with E-state index in [-0.39, 0.29) is 0 Å². The Hall–Kier alpha value is -0.910. The summed E-state index contributed by atoms with van der Waals surface area (Å²) in [4.78, 5) is 2.23. The standard InChI is InChI=1S/C14H22N2O2S/c1-2-15-11-13-5-3-4-6-14(13)12-16-7-9-19(17,18)10-8-16/h3-6,15H,2,7-12H2,1H3. The molecule has 0 unspecified atom stereocenters. The summed E-state index contributed by atoms with van der Waals surface area (Å²) < 4.78 is 22.8. The van der Waals surface area contributed by atoms with Gasteiger partial charge in [-0.05, 0) is 17.7 Å². The number of sulfone groups is 1. The number of hydrogen-bond acceptors (Lipinski definition) is 4. The first kappa shape index (κ1) is 14.5. The molecule has 1 aliphatic rings. The Labute approximate surface area is 115 Å². The maximum atomic E-state index is 11.4. The minimum atomic E-state index is -2.79. The van der Waals surface area contributed by atoms with Crippen molar-refractivity contribution in [3.8, 4) is 0 Å². The van der Waals surface area contributed by atoms with Crippen LogP contribution in [0.5, 0.6) is 0 Å². The van der Waals surface area contributed by atoms with E-state index in [1.807, 2.05) is 6.07 Å². The predicted octanol–water partition coefficient (Wildman–Crippen LogP) is 1.03. The normalized spacial score (nSPS) is 19.4. The van der Waals surface area contributed by atoms with Crippen molar-refractivity contribution in [2.75, 3.05) is 31.1 Å². The summed E-state index contributed by atoms with van der Waals surface area (Å²) in [6.45, 7) is 6.07. The summed E-state index contributed by atoms with van der Waals surface area (Å²) in [6, 6.07) is 8.37. The van der Waals surface area contributed by atoms with Gasteiger partial charge in [-0.3, -0.25) is 4.90 Å². The van der Waals surface area contributed by atoms with Gasteiger partial charge in [-0.15, -0.1) is 0 Å². The van der Waals surface area contributed by atoms with Gasteiger partial charge in [-0.2, -0.15) is 0 Å². The lowest BCUT2D eigenvalue weighted by Gasteiger charge is -2.27.